The van der Waals surface area contributed by atoms with Gasteiger partial charge in [-0.3, -0.25) is 0 Å². The largest absolute Gasteiger partial charge is 0.378 e. The fourth-order valence-electron chi connectivity index (χ4n) is 3.39. The van der Waals surface area contributed by atoms with Gasteiger partial charge in [0.1, 0.15) is 6.54 Å². The highest BCUT2D eigenvalue weighted by Crippen LogP contribution is 2.38. The molecule has 128 valence electrons. The van der Waals surface area contributed by atoms with E-state index in [1.807, 2.05) is 30.3 Å². The summed E-state index contributed by atoms with van der Waals surface area (Å²) in [6, 6.07) is 16.9. The van der Waals surface area contributed by atoms with Crippen LogP contribution in [0.2, 0.25) is 0 Å². The molecule has 5 heteroatoms. The molecule has 5 nitrogen and oxygen atoms in total. The Hall–Kier alpha value is -2.87. The van der Waals surface area contributed by atoms with Gasteiger partial charge in [0.15, 0.2) is 0 Å². The number of nitrogens with zero attached hydrogens (tertiary/aromatic N) is 3. The van der Waals surface area contributed by atoms with Crippen molar-refractivity contribution in [1.82, 2.24) is 0 Å². The SMILES string of the molecule is CC1CC(Nc2ccc(CC#N)cc2)c2cc(CN=O)ccc2N1C. The second kappa shape index (κ2) is 7.35. The second-order valence-corrected chi connectivity index (χ2v) is 6.60. The highest BCUT2D eigenvalue weighted by molar-refractivity contribution is 5.61. The average molecular weight is 334 g/mol. The molecule has 1 aliphatic rings. The van der Waals surface area contributed by atoms with E-state index in [-0.39, 0.29) is 12.6 Å². The predicted octanol–water partition coefficient (Wildman–Crippen LogP) is 4.40. The summed E-state index contributed by atoms with van der Waals surface area (Å²) in [7, 11) is 2.11. The number of benzene rings is 2. The standard InChI is InChI=1S/C20H22N4O/c1-14-11-19(23-17-6-3-15(4-7-17)9-10-21)18-12-16(13-22-25)5-8-20(18)24(14)2/h3-8,12,14,19,23H,9,11,13H2,1-2H3. The minimum atomic E-state index is 0.176. The molecule has 2 aromatic carbocycles. The summed E-state index contributed by atoms with van der Waals surface area (Å²) in [4.78, 5) is 12.9. The van der Waals surface area contributed by atoms with Crippen molar-refractivity contribution in [2.45, 2.75) is 38.4 Å². The molecule has 1 heterocycles. The lowest BCUT2D eigenvalue weighted by Gasteiger charge is -2.39. The summed E-state index contributed by atoms with van der Waals surface area (Å²) < 4.78 is 0. The van der Waals surface area contributed by atoms with Crippen LogP contribution >= 0.6 is 0 Å². The van der Waals surface area contributed by atoms with Gasteiger partial charge in [-0.1, -0.05) is 23.4 Å². The molecule has 3 rings (SSSR count). The van der Waals surface area contributed by atoms with E-state index in [0.717, 1.165) is 23.2 Å². The van der Waals surface area contributed by atoms with Gasteiger partial charge in [0.05, 0.1) is 18.5 Å². The van der Waals surface area contributed by atoms with Crippen molar-refractivity contribution in [3.05, 3.63) is 64.1 Å². The third-order valence-electron chi connectivity index (χ3n) is 4.91. The Morgan fingerprint density at radius 1 is 1.24 bits per heavy atom. The van der Waals surface area contributed by atoms with Gasteiger partial charge in [-0.25, -0.2) is 0 Å². The van der Waals surface area contributed by atoms with Gasteiger partial charge in [-0.2, -0.15) is 10.2 Å². The zero-order valence-electron chi connectivity index (χ0n) is 14.6. The molecule has 0 saturated carbocycles. The van der Waals surface area contributed by atoms with Crippen molar-refractivity contribution in [3.8, 4) is 6.07 Å². The van der Waals surface area contributed by atoms with Crippen LogP contribution in [0.1, 0.15) is 36.1 Å². The monoisotopic (exact) mass is 334 g/mol. The van der Waals surface area contributed by atoms with Crippen LogP contribution in [-0.2, 0) is 13.0 Å². The van der Waals surface area contributed by atoms with Crippen LogP contribution in [0.3, 0.4) is 0 Å². The highest BCUT2D eigenvalue weighted by atomic mass is 16.3. The maximum Gasteiger partial charge on any atom is 0.106 e. The summed E-state index contributed by atoms with van der Waals surface area (Å²) in [5, 5.41) is 15.4. The number of rotatable bonds is 5. The van der Waals surface area contributed by atoms with Gasteiger partial charge in [0, 0.05) is 24.5 Å². The van der Waals surface area contributed by atoms with Crippen molar-refractivity contribution >= 4 is 11.4 Å². The van der Waals surface area contributed by atoms with Gasteiger partial charge in [-0.05, 0) is 54.3 Å². The second-order valence-electron chi connectivity index (χ2n) is 6.60. The number of nitrogens with one attached hydrogen (secondary N) is 1. The summed E-state index contributed by atoms with van der Waals surface area (Å²) in [6.07, 6.45) is 1.40. The van der Waals surface area contributed by atoms with Gasteiger partial charge in [-0.15, -0.1) is 0 Å². The topological polar surface area (TPSA) is 68.5 Å². The van der Waals surface area contributed by atoms with Crippen molar-refractivity contribution in [3.63, 3.8) is 0 Å². The van der Waals surface area contributed by atoms with E-state index in [0.29, 0.717) is 12.5 Å². The Morgan fingerprint density at radius 2 is 1.96 bits per heavy atom. The van der Waals surface area contributed by atoms with Crippen LogP contribution in [0, 0.1) is 16.2 Å². The molecule has 0 spiro atoms. The van der Waals surface area contributed by atoms with E-state index in [1.165, 1.54) is 11.3 Å². The molecule has 2 atom stereocenters. The van der Waals surface area contributed by atoms with Crippen LogP contribution in [0.15, 0.2) is 47.6 Å². The highest BCUT2D eigenvalue weighted by Gasteiger charge is 2.28. The zero-order chi connectivity index (χ0) is 17.8. The Kier molecular flexibility index (Phi) is 4.99. The maximum absolute atomic E-state index is 10.6. The van der Waals surface area contributed by atoms with Gasteiger partial charge in [0.25, 0.3) is 0 Å². The Labute approximate surface area is 148 Å². The van der Waals surface area contributed by atoms with E-state index >= 15 is 0 Å². The molecule has 25 heavy (non-hydrogen) atoms. The fraction of sp³-hybridized carbons (Fsp3) is 0.350. The fourth-order valence-corrected chi connectivity index (χ4v) is 3.39. The molecule has 0 aliphatic carbocycles. The van der Waals surface area contributed by atoms with Crippen LogP contribution in [0.25, 0.3) is 0 Å². The molecular formula is C20H22N4O. The van der Waals surface area contributed by atoms with Gasteiger partial charge < -0.3 is 10.2 Å². The van der Waals surface area contributed by atoms with Crippen LogP contribution < -0.4 is 10.2 Å². The maximum atomic E-state index is 10.6. The number of nitriles is 1. The molecule has 1 aliphatic heterocycles. The van der Waals surface area contributed by atoms with Crippen molar-refractivity contribution in [2.24, 2.45) is 5.18 Å². The van der Waals surface area contributed by atoms with E-state index < -0.39 is 0 Å². The number of nitroso groups, excluding NO2 is 1. The van der Waals surface area contributed by atoms with Gasteiger partial charge >= 0.3 is 0 Å². The first kappa shape index (κ1) is 17.0. The predicted molar refractivity (Wildman–Crippen MR) is 101 cm³/mol. The van der Waals surface area contributed by atoms with E-state index in [9.17, 15) is 4.91 Å². The lowest BCUT2D eigenvalue weighted by atomic mass is 9.90. The molecular weight excluding hydrogens is 312 g/mol. The van der Waals surface area contributed by atoms with Crippen molar-refractivity contribution in [1.29, 1.82) is 5.26 Å². The van der Waals surface area contributed by atoms with Crippen LogP contribution in [0.5, 0.6) is 0 Å². The smallest absolute Gasteiger partial charge is 0.106 e. The van der Waals surface area contributed by atoms with Crippen LogP contribution in [0.4, 0.5) is 11.4 Å². The number of anilines is 2. The first-order chi connectivity index (χ1) is 12.1. The molecule has 0 bridgehead atoms. The quantitative estimate of drug-likeness (QED) is 0.823. The third kappa shape index (κ3) is 3.63. The minimum absolute atomic E-state index is 0.176. The summed E-state index contributed by atoms with van der Waals surface area (Å²) >= 11 is 0. The first-order valence-corrected chi connectivity index (χ1v) is 8.49. The molecule has 0 amide bonds. The molecule has 2 unspecified atom stereocenters. The number of hydrogen-bond acceptors (Lipinski definition) is 5. The zero-order valence-corrected chi connectivity index (χ0v) is 14.6. The normalized spacial score (nSPS) is 19.0. The molecule has 1 N–H and O–H groups in total. The van der Waals surface area contributed by atoms with E-state index in [2.05, 4.69) is 47.6 Å². The average Bonchev–Trinajstić information content (AvgIpc) is 2.61. The Balaban J connectivity index is 1.88. The number of hydrogen-bond donors (Lipinski definition) is 1. The summed E-state index contributed by atoms with van der Waals surface area (Å²) in [6.45, 7) is 2.41. The van der Waals surface area contributed by atoms with E-state index in [4.69, 9.17) is 5.26 Å². The molecule has 0 saturated heterocycles. The van der Waals surface area contributed by atoms with Crippen molar-refractivity contribution in [2.75, 3.05) is 17.3 Å². The van der Waals surface area contributed by atoms with E-state index in [1.54, 1.807) is 0 Å². The van der Waals surface area contributed by atoms with Crippen LogP contribution in [-0.4, -0.2) is 13.1 Å². The Morgan fingerprint density at radius 3 is 2.64 bits per heavy atom. The minimum Gasteiger partial charge on any atom is -0.378 e. The Bertz CT molecular complexity index is 794. The lowest BCUT2D eigenvalue weighted by molar-refractivity contribution is 0.540. The third-order valence-corrected chi connectivity index (χ3v) is 4.91. The van der Waals surface area contributed by atoms with Gasteiger partial charge in [0.2, 0.25) is 0 Å². The molecule has 2 aromatic rings. The summed E-state index contributed by atoms with van der Waals surface area (Å²) in [5.41, 5.74) is 5.38. The summed E-state index contributed by atoms with van der Waals surface area (Å²) in [5.74, 6) is 0. The molecule has 0 radical (unpaired) electrons. The molecule has 0 aromatic heterocycles. The first-order valence-electron chi connectivity index (χ1n) is 8.49. The van der Waals surface area contributed by atoms with Crippen molar-refractivity contribution < 1.29 is 0 Å². The molecule has 0 fully saturated rings. The lowest BCUT2D eigenvalue weighted by Crippen LogP contribution is -2.37. The number of fused-ring (bicyclic) bond motifs is 1.